The van der Waals surface area contributed by atoms with Crippen LogP contribution < -0.4 is 21.7 Å². The van der Waals surface area contributed by atoms with Gasteiger partial charge in [-0.1, -0.05) is 30.3 Å². The minimum absolute atomic E-state index is 0.0925. The van der Waals surface area contributed by atoms with Crippen molar-refractivity contribution in [2.45, 2.75) is 6.61 Å². The van der Waals surface area contributed by atoms with Crippen LogP contribution in [-0.2, 0) is 11.3 Å². The molecular formula is C19H24ClN5O2. The van der Waals surface area contributed by atoms with Gasteiger partial charge in [0.05, 0.1) is 5.69 Å². The number of aliphatic imine (C=N–C) groups is 1. The lowest BCUT2D eigenvalue weighted by Gasteiger charge is -2.29. The van der Waals surface area contributed by atoms with E-state index < -0.39 is 5.43 Å². The minimum Gasteiger partial charge on any atom is -0.449 e. The fraction of sp³-hybridized carbons (Fsp3) is 0.263. The molecule has 0 atom stereocenters. The number of hydrogen-bond acceptors (Lipinski definition) is 5. The Balaban J connectivity index is 0.000000208. The van der Waals surface area contributed by atoms with Gasteiger partial charge in [0.1, 0.15) is 6.61 Å². The van der Waals surface area contributed by atoms with Crippen LogP contribution in [0.15, 0.2) is 59.6 Å². The van der Waals surface area contributed by atoms with Gasteiger partial charge >= 0.3 is 5.43 Å². The Bertz CT molecular complexity index is 728. The predicted octanol–water partition coefficient (Wildman–Crippen LogP) is 2.56. The third kappa shape index (κ3) is 7.98. The number of ether oxygens (including phenoxy) is 1. The topological polar surface area (TPSA) is 106 Å². The summed E-state index contributed by atoms with van der Waals surface area (Å²) in [6, 6.07) is 17.3. The van der Waals surface area contributed by atoms with E-state index in [9.17, 15) is 4.79 Å². The number of hydrogen-bond donors (Lipinski definition) is 3. The molecule has 1 saturated heterocycles. The van der Waals surface area contributed by atoms with E-state index in [-0.39, 0.29) is 12.6 Å². The molecule has 0 bridgehead atoms. The second-order valence-corrected chi connectivity index (χ2v) is 6.11. The third-order valence-corrected chi connectivity index (χ3v) is 3.89. The molecule has 1 aliphatic rings. The maximum Gasteiger partial charge on any atom is 0.404 e. The molecule has 0 saturated carbocycles. The summed E-state index contributed by atoms with van der Waals surface area (Å²) in [7, 11) is 0. The van der Waals surface area contributed by atoms with Crippen molar-refractivity contribution in [3.63, 3.8) is 0 Å². The van der Waals surface area contributed by atoms with Crippen molar-refractivity contribution in [1.29, 1.82) is 0 Å². The molecule has 7 nitrogen and oxygen atoms in total. The number of carbonyl (C=O) groups excluding carboxylic acids is 1. The van der Waals surface area contributed by atoms with Crippen molar-refractivity contribution in [2.75, 3.05) is 31.1 Å². The Hall–Kier alpha value is -2.77. The van der Waals surface area contributed by atoms with Crippen LogP contribution in [0.25, 0.3) is 0 Å². The average Bonchev–Trinajstić information content (AvgIpc) is 2.68. The highest BCUT2D eigenvalue weighted by molar-refractivity contribution is 6.61. The summed E-state index contributed by atoms with van der Waals surface area (Å²) in [4.78, 5) is 16.5. The number of anilines is 1. The Morgan fingerprint density at radius 3 is 2.26 bits per heavy atom. The molecule has 1 heterocycles. The van der Waals surface area contributed by atoms with Crippen molar-refractivity contribution in [1.82, 2.24) is 5.32 Å². The van der Waals surface area contributed by atoms with E-state index in [0.29, 0.717) is 0 Å². The summed E-state index contributed by atoms with van der Waals surface area (Å²) in [5.41, 5.74) is 12.8. The predicted molar refractivity (Wildman–Crippen MR) is 109 cm³/mol. The number of benzene rings is 2. The molecule has 0 unspecified atom stereocenters. The molecule has 8 heteroatoms. The van der Waals surface area contributed by atoms with Gasteiger partial charge in [0, 0.05) is 43.5 Å². The lowest BCUT2D eigenvalue weighted by atomic mass is 10.2. The van der Waals surface area contributed by atoms with Crippen LogP contribution in [-0.4, -0.2) is 37.6 Å². The molecule has 27 heavy (non-hydrogen) atoms. The maximum atomic E-state index is 10.2. The third-order valence-electron chi connectivity index (χ3n) is 3.79. The van der Waals surface area contributed by atoms with Gasteiger partial charge in [-0.3, -0.25) is 0 Å². The van der Waals surface area contributed by atoms with Gasteiger partial charge in [0.25, 0.3) is 0 Å². The highest BCUT2D eigenvalue weighted by atomic mass is 35.5. The quantitative estimate of drug-likeness (QED) is 0.421. The van der Waals surface area contributed by atoms with E-state index in [1.165, 1.54) is 5.69 Å². The number of nitrogens with one attached hydrogen (secondary N) is 1. The van der Waals surface area contributed by atoms with E-state index in [1.54, 1.807) is 0 Å². The molecule has 0 radical (unpaired) electrons. The number of nitrogens with zero attached hydrogens (tertiary/aromatic N) is 2. The van der Waals surface area contributed by atoms with Crippen LogP contribution in [0, 0.1) is 0 Å². The van der Waals surface area contributed by atoms with Gasteiger partial charge < -0.3 is 26.4 Å². The standard InChI is InChI=1S/C11H17N5.C8H7ClO2/c12-11(13)15-9-1-3-10(4-2-9)16-7-5-14-6-8-16;9-8(10)11-6-7-4-2-1-3-5-7/h1-4,14H,5-8H2,(H4,12,13,15);1-5H,6H2. The fourth-order valence-electron chi connectivity index (χ4n) is 2.52. The second kappa shape index (κ2) is 11.1. The normalized spacial score (nSPS) is 13.1. The Morgan fingerprint density at radius 2 is 1.70 bits per heavy atom. The summed E-state index contributed by atoms with van der Waals surface area (Å²) in [5, 5.41) is 3.33. The number of halogens is 1. The molecule has 5 N–H and O–H groups in total. The van der Waals surface area contributed by atoms with Crippen LogP contribution in [0.4, 0.5) is 16.2 Å². The zero-order chi connectivity index (χ0) is 19.5. The van der Waals surface area contributed by atoms with E-state index in [0.717, 1.165) is 37.4 Å². The number of carbonyl (C=O) groups is 1. The van der Waals surface area contributed by atoms with E-state index >= 15 is 0 Å². The van der Waals surface area contributed by atoms with E-state index in [4.69, 9.17) is 23.1 Å². The van der Waals surface area contributed by atoms with Gasteiger partial charge in [0.2, 0.25) is 0 Å². The van der Waals surface area contributed by atoms with E-state index in [1.807, 2.05) is 54.6 Å². The van der Waals surface area contributed by atoms with Crippen molar-refractivity contribution < 1.29 is 9.53 Å². The fourth-order valence-corrected chi connectivity index (χ4v) is 2.58. The lowest BCUT2D eigenvalue weighted by molar-refractivity contribution is 0.167. The smallest absolute Gasteiger partial charge is 0.404 e. The highest BCUT2D eigenvalue weighted by Gasteiger charge is 2.09. The zero-order valence-electron chi connectivity index (χ0n) is 15.0. The highest BCUT2D eigenvalue weighted by Crippen LogP contribution is 2.19. The molecule has 144 valence electrons. The second-order valence-electron chi connectivity index (χ2n) is 5.80. The summed E-state index contributed by atoms with van der Waals surface area (Å²) in [5.74, 6) is 0.0925. The molecule has 0 aliphatic carbocycles. The first kappa shape index (κ1) is 20.5. The van der Waals surface area contributed by atoms with E-state index in [2.05, 4.69) is 19.9 Å². The summed E-state index contributed by atoms with van der Waals surface area (Å²) in [6.45, 7) is 4.40. The minimum atomic E-state index is -0.770. The number of piperazine rings is 1. The first-order valence-corrected chi connectivity index (χ1v) is 8.94. The van der Waals surface area contributed by atoms with Crippen LogP contribution in [0.3, 0.4) is 0 Å². The van der Waals surface area contributed by atoms with Crippen LogP contribution in [0.2, 0.25) is 0 Å². The summed E-state index contributed by atoms with van der Waals surface area (Å²) < 4.78 is 4.55. The molecule has 0 aromatic heterocycles. The van der Waals surface area contributed by atoms with Gasteiger partial charge in [-0.25, -0.2) is 9.79 Å². The first-order valence-electron chi connectivity index (χ1n) is 8.56. The largest absolute Gasteiger partial charge is 0.449 e. The Morgan fingerprint density at radius 1 is 1.07 bits per heavy atom. The molecule has 1 aliphatic heterocycles. The van der Waals surface area contributed by atoms with Gasteiger partial charge in [-0.05, 0) is 29.8 Å². The molecule has 1 fully saturated rings. The van der Waals surface area contributed by atoms with Crippen LogP contribution in [0.5, 0.6) is 0 Å². The van der Waals surface area contributed by atoms with Crippen LogP contribution in [0.1, 0.15) is 5.56 Å². The maximum absolute atomic E-state index is 10.2. The molecule has 0 amide bonds. The molecule has 0 spiro atoms. The van der Waals surface area contributed by atoms with Crippen molar-refractivity contribution in [2.24, 2.45) is 16.5 Å². The summed E-state index contributed by atoms with van der Waals surface area (Å²) in [6.07, 6.45) is 0. The Kier molecular flexibility index (Phi) is 8.41. The number of rotatable bonds is 4. The van der Waals surface area contributed by atoms with Crippen LogP contribution >= 0.6 is 11.6 Å². The van der Waals surface area contributed by atoms with Crippen molar-refractivity contribution >= 4 is 34.4 Å². The van der Waals surface area contributed by atoms with Gasteiger partial charge in [-0.15, -0.1) is 0 Å². The zero-order valence-corrected chi connectivity index (χ0v) is 15.7. The monoisotopic (exact) mass is 389 g/mol. The van der Waals surface area contributed by atoms with Gasteiger partial charge in [-0.2, -0.15) is 0 Å². The summed E-state index contributed by atoms with van der Waals surface area (Å²) >= 11 is 4.97. The number of guanidine groups is 1. The van der Waals surface area contributed by atoms with Gasteiger partial charge in [0.15, 0.2) is 5.96 Å². The number of nitrogens with two attached hydrogens (primary N) is 2. The SMILES string of the molecule is NC(N)=Nc1ccc(N2CCNCC2)cc1.O=C(Cl)OCc1ccccc1. The van der Waals surface area contributed by atoms with Crippen molar-refractivity contribution in [3.8, 4) is 0 Å². The molecule has 2 aromatic rings. The lowest BCUT2D eigenvalue weighted by Crippen LogP contribution is -2.43. The molecule has 3 rings (SSSR count). The van der Waals surface area contributed by atoms with Crippen molar-refractivity contribution in [3.05, 3.63) is 60.2 Å². The average molecular weight is 390 g/mol. The molecule has 2 aromatic carbocycles. The first-order chi connectivity index (χ1) is 13.0. The molecular weight excluding hydrogens is 366 g/mol. The Labute approximate surface area is 164 Å².